The van der Waals surface area contributed by atoms with Crippen LogP contribution < -0.4 is 14.8 Å². The third-order valence-corrected chi connectivity index (χ3v) is 4.89. The fourth-order valence-electron chi connectivity index (χ4n) is 3.14. The summed E-state index contributed by atoms with van der Waals surface area (Å²) in [7, 11) is 0. The molecule has 5 nitrogen and oxygen atoms in total. The van der Waals surface area contributed by atoms with Crippen LogP contribution in [0.3, 0.4) is 0 Å². The van der Waals surface area contributed by atoms with Gasteiger partial charge in [-0.2, -0.15) is 0 Å². The van der Waals surface area contributed by atoms with E-state index in [1.807, 2.05) is 44.2 Å². The average molecular weight is 416 g/mol. The van der Waals surface area contributed by atoms with E-state index in [-0.39, 0.29) is 17.8 Å². The smallest absolute Gasteiger partial charge is 0.291 e. The second-order valence-corrected chi connectivity index (χ2v) is 7.10. The van der Waals surface area contributed by atoms with Gasteiger partial charge in [0.2, 0.25) is 0 Å². The summed E-state index contributed by atoms with van der Waals surface area (Å²) in [6.45, 7) is 4.44. The number of halogens is 1. The Kier molecular flexibility index (Phi) is 4.36. The number of rotatable bonds is 4. The molecular weight excluding hydrogens is 398 g/mol. The van der Waals surface area contributed by atoms with Crippen molar-refractivity contribution in [3.05, 3.63) is 52.2 Å². The first-order chi connectivity index (χ1) is 12.5. The number of furan rings is 1. The topological polar surface area (TPSA) is 60.7 Å². The zero-order chi connectivity index (χ0) is 18.3. The zero-order valence-corrected chi connectivity index (χ0v) is 16.1. The van der Waals surface area contributed by atoms with Crippen LogP contribution in [0.5, 0.6) is 11.5 Å². The molecule has 1 aliphatic rings. The number of benzene rings is 2. The number of nitrogens with one attached hydrogen (secondary N) is 1. The van der Waals surface area contributed by atoms with Gasteiger partial charge in [-0.1, -0.05) is 12.1 Å². The monoisotopic (exact) mass is 415 g/mol. The maximum Gasteiger partial charge on any atom is 0.291 e. The van der Waals surface area contributed by atoms with Crippen molar-refractivity contribution in [1.29, 1.82) is 0 Å². The summed E-state index contributed by atoms with van der Waals surface area (Å²) in [6, 6.07) is 11.2. The summed E-state index contributed by atoms with van der Waals surface area (Å²) in [5.74, 6) is 1.32. The molecule has 1 aromatic heterocycles. The van der Waals surface area contributed by atoms with Crippen LogP contribution in [0.4, 0.5) is 5.69 Å². The first kappa shape index (κ1) is 17.0. The quantitative estimate of drug-likeness (QED) is 0.638. The molecule has 0 saturated heterocycles. The van der Waals surface area contributed by atoms with Crippen LogP contribution in [0, 0.1) is 0 Å². The molecule has 0 spiro atoms. The maximum atomic E-state index is 12.7. The lowest BCUT2D eigenvalue weighted by Gasteiger charge is -2.13. The molecular formula is C20H18BrNO4. The highest BCUT2D eigenvalue weighted by Gasteiger charge is 2.23. The van der Waals surface area contributed by atoms with Crippen LogP contribution in [0.1, 0.15) is 30.0 Å². The van der Waals surface area contributed by atoms with Gasteiger partial charge in [0.05, 0.1) is 16.8 Å². The number of anilines is 1. The Hall–Kier alpha value is -2.47. The molecule has 1 amide bonds. The Morgan fingerprint density at radius 3 is 2.96 bits per heavy atom. The summed E-state index contributed by atoms with van der Waals surface area (Å²) in [5.41, 5.74) is 2.31. The molecule has 2 aromatic carbocycles. The average Bonchev–Trinajstić information content (AvgIpc) is 3.18. The SMILES string of the molecule is CCOc1cc2c(cc1NC(=O)c1cc3cccc(Br)c3o1)OC(C)C2. The Morgan fingerprint density at radius 1 is 1.35 bits per heavy atom. The predicted octanol–water partition coefficient (Wildman–Crippen LogP) is 5.17. The molecule has 6 heteroatoms. The standard InChI is InChI=1S/C20H18BrNO4/c1-3-24-17-9-13-7-11(2)25-16(13)10-15(17)22-20(23)18-8-12-5-4-6-14(21)19(12)26-18/h4-6,8-11H,3,7H2,1-2H3,(H,22,23). The minimum Gasteiger partial charge on any atom is -0.492 e. The minimum atomic E-state index is -0.333. The molecule has 1 unspecified atom stereocenters. The Labute approximate surface area is 159 Å². The lowest BCUT2D eigenvalue weighted by atomic mass is 10.1. The number of ether oxygens (including phenoxy) is 2. The van der Waals surface area contributed by atoms with Gasteiger partial charge in [0, 0.05) is 23.4 Å². The van der Waals surface area contributed by atoms with Crippen molar-refractivity contribution in [2.45, 2.75) is 26.4 Å². The fourth-order valence-corrected chi connectivity index (χ4v) is 3.60. The molecule has 26 heavy (non-hydrogen) atoms. The van der Waals surface area contributed by atoms with Gasteiger partial charge in [0.25, 0.3) is 5.91 Å². The van der Waals surface area contributed by atoms with E-state index >= 15 is 0 Å². The van der Waals surface area contributed by atoms with Crippen molar-refractivity contribution in [2.75, 3.05) is 11.9 Å². The number of amides is 1. The maximum absolute atomic E-state index is 12.7. The van der Waals surface area contributed by atoms with Gasteiger partial charge in [0.15, 0.2) is 5.76 Å². The van der Waals surface area contributed by atoms with Crippen LogP contribution >= 0.6 is 15.9 Å². The van der Waals surface area contributed by atoms with Crippen molar-refractivity contribution < 1.29 is 18.7 Å². The van der Waals surface area contributed by atoms with Gasteiger partial charge < -0.3 is 19.2 Å². The number of hydrogen-bond acceptors (Lipinski definition) is 4. The van der Waals surface area contributed by atoms with Crippen molar-refractivity contribution >= 4 is 38.5 Å². The minimum absolute atomic E-state index is 0.123. The van der Waals surface area contributed by atoms with Gasteiger partial charge in [-0.15, -0.1) is 0 Å². The zero-order valence-electron chi connectivity index (χ0n) is 14.5. The number of para-hydroxylation sites is 1. The van der Waals surface area contributed by atoms with E-state index in [0.29, 0.717) is 23.6 Å². The third kappa shape index (κ3) is 3.05. The highest BCUT2D eigenvalue weighted by atomic mass is 79.9. The Morgan fingerprint density at radius 2 is 2.19 bits per heavy atom. The molecule has 4 rings (SSSR count). The summed E-state index contributed by atoms with van der Waals surface area (Å²) in [6.07, 6.45) is 0.958. The Bertz CT molecular complexity index is 995. The van der Waals surface area contributed by atoms with E-state index in [1.165, 1.54) is 0 Å². The van der Waals surface area contributed by atoms with Crippen molar-refractivity contribution in [1.82, 2.24) is 0 Å². The first-order valence-corrected chi connectivity index (χ1v) is 9.30. The summed E-state index contributed by atoms with van der Waals surface area (Å²) < 4.78 is 18.0. The molecule has 0 fully saturated rings. The van der Waals surface area contributed by atoms with Gasteiger partial charge in [-0.3, -0.25) is 4.79 Å². The van der Waals surface area contributed by atoms with Crippen LogP contribution in [0.25, 0.3) is 11.0 Å². The number of fused-ring (bicyclic) bond motifs is 2. The largest absolute Gasteiger partial charge is 0.492 e. The van der Waals surface area contributed by atoms with Crippen LogP contribution in [-0.4, -0.2) is 18.6 Å². The fraction of sp³-hybridized carbons (Fsp3) is 0.250. The highest BCUT2D eigenvalue weighted by Crippen LogP contribution is 2.38. The summed E-state index contributed by atoms with van der Waals surface area (Å²) in [5, 5.41) is 3.75. The molecule has 0 bridgehead atoms. The molecule has 134 valence electrons. The molecule has 2 heterocycles. The van der Waals surface area contributed by atoms with E-state index in [4.69, 9.17) is 13.9 Å². The molecule has 0 saturated carbocycles. The lowest BCUT2D eigenvalue weighted by Crippen LogP contribution is -2.12. The van der Waals surface area contributed by atoms with Gasteiger partial charge >= 0.3 is 0 Å². The van der Waals surface area contributed by atoms with Crippen LogP contribution in [0.2, 0.25) is 0 Å². The van der Waals surface area contributed by atoms with E-state index in [2.05, 4.69) is 21.2 Å². The molecule has 0 radical (unpaired) electrons. The number of carbonyl (C=O) groups is 1. The molecule has 1 N–H and O–H groups in total. The molecule has 1 atom stereocenters. The number of hydrogen-bond donors (Lipinski definition) is 1. The normalized spacial score (nSPS) is 15.6. The van der Waals surface area contributed by atoms with Crippen LogP contribution in [-0.2, 0) is 6.42 Å². The van der Waals surface area contributed by atoms with Crippen molar-refractivity contribution in [3.8, 4) is 11.5 Å². The van der Waals surface area contributed by atoms with E-state index in [9.17, 15) is 4.79 Å². The first-order valence-electron chi connectivity index (χ1n) is 8.51. The molecule has 0 aliphatic carbocycles. The van der Waals surface area contributed by atoms with E-state index < -0.39 is 0 Å². The second-order valence-electron chi connectivity index (χ2n) is 6.24. The van der Waals surface area contributed by atoms with Gasteiger partial charge in [0.1, 0.15) is 23.2 Å². The second kappa shape index (κ2) is 6.68. The molecule has 1 aliphatic heterocycles. The third-order valence-electron chi connectivity index (χ3n) is 4.27. The highest BCUT2D eigenvalue weighted by molar-refractivity contribution is 9.10. The van der Waals surface area contributed by atoms with E-state index in [1.54, 1.807) is 6.07 Å². The number of carbonyl (C=O) groups excluding carboxylic acids is 1. The lowest BCUT2D eigenvalue weighted by molar-refractivity contribution is 0.0998. The van der Waals surface area contributed by atoms with Crippen molar-refractivity contribution in [2.24, 2.45) is 0 Å². The van der Waals surface area contributed by atoms with Gasteiger partial charge in [-0.25, -0.2) is 0 Å². The predicted molar refractivity (Wildman–Crippen MR) is 103 cm³/mol. The van der Waals surface area contributed by atoms with E-state index in [0.717, 1.165) is 27.6 Å². The summed E-state index contributed by atoms with van der Waals surface area (Å²) >= 11 is 3.44. The Balaban J connectivity index is 1.66. The van der Waals surface area contributed by atoms with Crippen LogP contribution in [0.15, 0.2) is 45.3 Å². The summed E-state index contributed by atoms with van der Waals surface area (Å²) in [4.78, 5) is 12.7. The molecule has 3 aromatic rings. The van der Waals surface area contributed by atoms with Crippen molar-refractivity contribution in [3.63, 3.8) is 0 Å². The van der Waals surface area contributed by atoms with Gasteiger partial charge in [-0.05, 0) is 48.0 Å².